The molecular formula is C25H28N4O2. The fourth-order valence-corrected chi connectivity index (χ4v) is 4.13. The molecule has 0 fully saturated rings. The zero-order valence-electron chi connectivity index (χ0n) is 18.3. The Morgan fingerprint density at radius 2 is 1.84 bits per heavy atom. The summed E-state index contributed by atoms with van der Waals surface area (Å²) in [6.45, 7) is 6.64. The minimum absolute atomic E-state index is 0.0123. The van der Waals surface area contributed by atoms with Gasteiger partial charge in [0.1, 0.15) is 0 Å². The van der Waals surface area contributed by atoms with Crippen molar-refractivity contribution < 1.29 is 9.59 Å². The van der Waals surface area contributed by atoms with Gasteiger partial charge in [-0.3, -0.25) is 9.59 Å². The molecule has 1 aliphatic carbocycles. The summed E-state index contributed by atoms with van der Waals surface area (Å²) >= 11 is 0. The Morgan fingerprint density at radius 1 is 1.10 bits per heavy atom. The van der Waals surface area contributed by atoms with E-state index in [1.54, 1.807) is 11.8 Å². The second kappa shape index (κ2) is 8.76. The Kier molecular flexibility index (Phi) is 5.89. The molecule has 2 amide bonds. The smallest absolute Gasteiger partial charge is 0.276 e. The van der Waals surface area contributed by atoms with E-state index in [1.807, 2.05) is 48.0 Å². The predicted octanol–water partition coefficient (Wildman–Crippen LogP) is 4.29. The molecule has 6 nitrogen and oxygen atoms in total. The van der Waals surface area contributed by atoms with E-state index in [4.69, 9.17) is 5.10 Å². The number of amides is 2. The molecule has 160 valence electrons. The molecule has 1 heterocycles. The molecule has 1 aromatic heterocycles. The van der Waals surface area contributed by atoms with Crippen molar-refractivity contribution in [2.75, 3.05) is 11.9 Å². The Hall–Kier alpha value is -3.41. The van der Waals surface area contributed by atoms with Gasteiger partial charge < -0.3 is 10.2 Å². The highest BCUT2D eigenvalue weighted by Gasteiger charge is 2.27. The number of fused-ring (bicyclic) bond motifs is 1. The lowest BCUT2D eigenvalue weighted by molar-refractivity contribution is -0.129. The largest absolute Gasteiger partial charge is 0.339 e. The van der Waals surface area contributed by atoms with Crippen molar-refractivity contribution in [2.45, 2.75) is 46.6 Å². The van der Waals surface area contributed by atoms with Crippen LogP contribution in [0.1, 0.15) is 53.1 Å². The normalized spacial score (nSPS) is 12.5. The summed E-state index contributed by atoms with van der Waals surface area (Å²) in [7, 11) is 0. The van der Waals surface area contributed by atoms with E-state index in [-0.39, 0.29) is 11.8 Å². The zero-order chi connectivity index (χ0) is 22.0. The zero-order valence-corrected chi connectivity index (χ0v) is 18.3. The molecule has 3 aromatic rings. The van der Waals surface area contributed by atoms with Crippen LogP contribution in [-0.2, 0) is 24.2 Å². The van der Waals surface area contributed by atoms with Crippen molar-refractivity contribution >= 4 is 17.5 Å². The van der Waals surface area contributed by atoms with Gasteiger partial charge in [-0.1, -0.05) is 35.9 Å². The molecule has 0 radical (unpaired) electrons. The van der Waals surface area contributed by atoms with Crippen LogP contribution in [0.2, 0.25) is 0 Å². The summed E-state index contributed by atoms with van der Waals surface area (Å²) in [6.07, 6.45) is 2.81. The average Bonchev–Trinajstić information content (AvgIpc) is 3.36. The summed E-state index contributed by atoms with van der Waals surface area (Å²) in [6, 6.07) is 15.8. The van der Waals surface area contributed by atoms with E-state index in [0.29, 0.717) is 24.5 Å². The van der Waals surface area contributed by atoms with Gasteiger partial charge in [-0.05, 0) is 56.9 Å². The molecule has 0 saturated heterocycles. The Balaban J connectivity index is 1.63. The van der Waals surface area contributed by atoms with Gasteiger partial charge in [0.2, 0.25) is 5.91 Å². The predicted molar refractivity (Wildman–Crippen MR) is 121 cm³/mol. The number of aryl methyl sites for hydroxylation is 1. The van der Waals surface area contributed by atoms with Crippen LogP contribution in [0.5, 0.6) is 0 Å². The van der Waals surface area contributed by atoms with Crippen LogP contribution in [-0.4, -0.2) is 33.0 Å². The molecule has 0 spiro atoms. The number of carbonyl (C=O) groups is 2. The molecule has 4 rings (SSSR count). The van der Waals surface area contributed by atoms with Gasteiger partial charge in [0.05, 0.1) is 5.69 Å². The number of anilines is 1. The second-order valence-corrected chi connectivity index (χ2v) is 8.02. The lowest BCUT2D eigenvalue weighted by Gasteiger charge is -2.21. The third-order valence-corrected chi connectivity index (χ3v) is 5.88. The van der Waals surface area contributed by atoms with Crippen molar-refractivity contribution in [1.29, 1.82) is 0 Å². The van der Waals surface area contributed by atoms with Gasteiger partial charge in [-0.15, -0.1) is 0 Å². The molecule has 1 aliphatic rings. The first-order valence-electron chi connectivity index (χ1n) is 10.8. The van der Waals surface area contributed by atoms with Gasteiger partial charge in [0.15, 0.2) is 5.69 Å². The fourth-order valence-electron chi connectivity index (χ4n) is 4.13. The van der Waals surface area contributed by atoms with E-state index in [1.165, 1.54) is 5.56 Å². The maximum atomic E-state index is 13.2. The van der Waals surface area contributed by atoms with Crippen LogP contribution in [0.15, 0.2) is 48.5 Å². The van der Waals surface area contributed by atoms with Crippen LogP contribution >= 0.6 is 0 Å². The van der Waals surface area contributed by atoms with E-state index >= 15 is 0 Å². The van der Waals surface area contributed by atoms with Gasteiger partial charge in [0, 0.05) is 37.0 Å². The van der Waals surface area contributed by atoms with Gasteiger partial charge >= 0.3 is 0 Å². The van der Waals surface area contributed by atoms with Crippen molar-refractivity contribution in [3.63, 3.8) is 0 Å². The van der Waals surface area contributed by atoms with Crippen LogP contribution in [0.4, 0.5) is 5.69 Å². The van der Waals surface area contributed by atoms with Gasteiger partial charge in [-0.2, -0.15) is 5.10 Å². The number of nitrogens with one attached hydrogen (secondary N) is 1. The lowest BCUT2D eigenvalue weighted by atomic mass is 10.1. The maximum absolute atomic E-state index is 13.2. The minimum Gasteiger partial charge on any atom is -0.339 e. The first-order chi connectivity index (χ1) is 15.0. The Morgan fingerprint density at radius 3 is 2.55 bits per heavy atom. The van der Waals surface area contributed by atoms with E-state index in [0.717, 1.165) is 41.8 Å². The van der Waals surface area contributed by atoms with Crippen molar-refractivity contribution in [2.24, 2.45) is 0 Å². The number of nitrogens with zero attached hydrogens (tertiary/aromatic N) is 3. The molecule has 6 heteroatoms. The van der Waals surface area contributed by atoms with Crippen molar-refractivity contribution in [3.05, 3.63) is 76.6 Å². The van der Waals surface area contributed by atoms with Crippen molar-refractivity contribution in [1.82, 2.24) is 14.7 Å². The molecule has 0 atom stereocenters. The first-order valence-corrected chi connectivity index (χ1v) is 10.8. The number of hydrogen-bond donors (Lipinski definition) is 1. The number of para-hydroxylation sites is 1. The molecule has 0 saturated carbocycles. The van der Waals surface area contributed by atoms with Gasteiger partial charge in [-0.25, -0.2) is 4.68 Å². The van der Waals surface area contributed by atoms with Crippen LogP contribution in [0.25, 0.3) is 5.69 Å². The minimum atomic E-state index is -0.206. The second-order valence-electron chi connectivity index (χ2n) is 8.02. The highest BCUT2D eigenvalue weighted by Crippen LogP contribution is 2.29. The summed E-state index contributed by atoms with van der Waals surface area (Å²) in [4.78, 5) is 26.8. The molecule has 31 heavy (non-hydrogen) atoms. The standard InChI is InChI=1S/C25H28N4O2/c1-4-28(18(3)30)16-19-8-5-6-10-22(19)26-25(31)24-21-9-7-11-23(21)29(27-24)20-14-12-17(2)13-15-20/h5-6,8,10,12-15H,4,7,9,11,16H2,1-3H3,(H,26,31). The summed E-state index contributed by atoms with van der Waals surface area (Å²) < 4.78 is 1.91. The van der Waals surface area contributed by atoms with Crippen LogP contribution in [0.3, 0.4) is 0 Å². The van der Waals surface area contributed by atoms with E-state index in [2.05, 4.69) is 24.4 Å². The average molecular weight is 417 g/mol. The molecule has 1 N–H and O–H groups in total. The third-order valence-electron chi connectivity index (χ3n) is 5.88. The maximum Gasteiger partial charge on any atom is 0.276 e. The van der Waals surface area contributed by atoms with Gasteiger partial charge in [0.25, 0.3) is 5.91 Å². The SMILES string of the molecule is CCN(Cc1ccccc1NC(=O)c1nn(-c2ccc(C)cc2)c2c1CCC2)C(C)=O. The van der Waals surface area contributed by atoms with Crippen molar-refractivity contribution in [3.8, 4) is 5.69 Å². The number of rotatable bonds is 6. The Bertz CT molecular complexity index is 1120. The Labute approximate surface area is 182 Å². The summed E-state index contributed by atoms with van der Waals surface area (Å²) in [5.41, 5.74) is 6.43. The highest BCUT2D eigenvalue weighted by molar-refractivity contribution is 6.04. The number of aromatic nitrogens is 2. The fraction of sp³-hybridized carbons (Fsp3) is 0.320. The van der Waals surface area contributed by atoms with Crippen LogP contribution < -0.4 is 5.32 Å². The van der Waals surface area contributed by atoms with E-state index < -0.39 is 0 Å². The monoisotopic (exact) mass is 416 g/mol. The quantitative estimate of drug-likeness (QED) is 0.652. The molecular weight excluding hydrogens is 388 g/mol. The molecule has 0 unspecified atom stereocenters. The molecule has 0 bridgehead atoms. The summed E-state index contributed by atoms with van der Waals surface area (Å²) in [5.74, 6) is -0.194. The topological polar surface area (TPSA) is 67.2 Å². The first kappa shape index (κ1) is 20.8. The third kappa shape index (κ3) is 4.24. The number of benzene rings is 2. The number of carbonyl (C=O) groups excluding carboxylic acids is 2. The lowest BCUT2D eigenvalue weighted by Crippen LogP contribution is -2.28. The van der Waals surface area contributed by atoms with E-state index in [9.17, 15) is 9.59 Å². The molecule has 0 aliphatic heterocycles. The molecule has 2 aromatic carbocycles. The highest BCUT2D eigenvalue weighted by atomic mass is 16.2. The summed E-state index contributed by atoms with van der Waals surface area (Å²) in [5, 5.41) is 7.75. The number of hydrogen-bond acceptors (Lipinski definition) is 3. The van der Waals surface area contributed by atoms with Crippen LogP contribution in [0, 0.1) is 6.92 Å².